The van der Waals surface area contributed by atoms with Crippen molar-refractivity contribution in [2.24, 2.45) is 5.92 Å². The molecule has 0 aliphatic rings. The Bertz CT molecular complexity index is 377. The Kier molecular flexibility index (Phi) is 4.79. The molecule has 0 aromatic heterocycles. The van der Waals surface area contributed by atoms with Crippen LogP contribution in [0.25, 0.3) is 0 Å². The van der Waals surface area contributed by atoms with Gasteiger partial charge in [0.25, 0.3) is 0 Å². The smallest absolute Gasteiger partial charge is 0.128 e. The second-order valence-electron chi connectivity index (χ2n) is 4.98. The molecule has 2 nitrogen and oxygen atoms in total. The first-order chi connectivity index (χ1) is 7.93. The summed E-state index contributed by atoms with van der Waals surface area (Å²) < 4.78 is 13.3. The second kappa shape index (κ2) is 5.89. The molecule has 96 valence electrons. The summed E-state index contributed by atoms with van der Waals surface area (Å²) in [6.45, 7) is 8.30. The number of halogens is 1. The zero-order valence-electron chi connectivity index (χ0n) is 11.2. The molecule has 1 aromatic carbocycles. The number of hydrogen-bond acceptors (Lipinski definition) is 2. The topological polar surface area (TPSA) is 38.0 Å². The fourth-order valence-corrected chi connectivity index (χ4v) is 1.92. The molecular weight excluding hydrogens is 215 g/mol. The van der Waals surface area contributed by atoms with Gasteiger partial charge in [0.1, 0.15) is 5.82 Å². The van der Waals surface area contributed by atoms with Crippen LogP contribution in [0, 0.1) is 18.7 Å². The number of aryl methyl sites for hydroxylation is 1. The molecular formula is C14H23FN2. The summed E-state index contributed by atoms with van der Waals surface area (Å²) in [5.41, 5.74) is 7.73. The van der Waals surface area contributed by atoms with Crippen LogP contribution in [-0.2, 0) is 0 Å². The highest BCUT2D eigenvalue weighted by Crippen LogP contribution is 2.24. The summed E-state index contributed by atoms with van der Waals surface area (Å²) in [4.78, 5) is 0. The van der Waals surface area contributed by atoms with E-state index in [9.17, 15) is 4.39 Å². The van der Waals surface area contributed by atoms with Crippen LogP contribution in [-0.4, -0.2) is 6.04 Å². The van der Waals surface area contributed by atoms with E-state index >= 15 is 0 Å². The van der Waals surface area contributed by atoms with Gasteiger partial charge in [-0.3, -0.25) is 0 Å². The quantitative estimate of drug-likeness (QED) is 0.762. The van der Waals surface area contributed by atoms with E-state index in [0.29, 0.717) is 23.2 Å². The van der Waals surface area contributed by atoms with E-state index in [0.717, 1.165) is 12.1 Å². The third-order valence-electron chi connectivity index (χ3n) is 3.19. The van der Waals surface area contributed by atoms with E-state index in [-0.39, 0.29) is 5.82 Å². The monoisotopic (exact) mass is 238 g/mol. The molecule has 0 aliphatic heterocycles. The molecule has 1 aromatic rings. The summed E-state index contributed by atoms with van der Waals surface area (Å²) in [5.74, 6) is 0.433. The van der Waals surface area contributed by atoms with Crippen molar-refractivity contribution in [2.75, 3.05) is 11.1 Å². The molecule has 3 heteroatoms. The Morgan fingerprint density at radius 3 is 2.59 bits per heavy atom. The summed E-state index contributed by atoms with van der Waals surface area (Å²) in [7, 11) is 0. The lowest BCUT2D eigenvalue weighted by molar-refractivity contribution is 0.484. The Labute approximate surface area is 103 Å². The first-order valence-corrected chi connectivity index (χ1v) is 6.26. The van der Waals surface area contributed by atoms with Crippen LogP contribution in [0.2, 0.25) is 0 Å². The normalized spacial score (nSPS) is 14.4. The van der Waals surface area contributed by atoms with E-state index in [1.165, 1.54) is 12.5 Å². The Morgan fingerprint density at radius 2 is 2.00 bits per heavy atom. The average Bonchev–Trinajstić information content (AvgIpc) is 2.25. The van der Waals surface area contributed by atoms with Gasteiger partial charge in [-0.05, 0) is 43.9 Å². The molecule has 0 aliphatic carbocycles. The van der Waals surface area contributed by atoms with Gasteiger partial charge in [-0.1, -0.05) is 20.3 Å². The van der Waals surface area contributed by atoms with Gasteiger partial charge in [-0.15, -0.1) is 0 Å². The number of benzene rings is 1. The summed E-state index contributed by atoms with van der Waals surface area (Å²) in [6.07, 6.45) is 2.26. The third-order valence-corrected chi connectivity index (χ3v) is 3.19. The van der Waals surface area contributed by atoms with Gasteiger partial charge in [0.15, 0.2) is 0 Å². The average molecular weight is 238 g/mol. The van der Waals surface area contributed by atoms with Crippen LogP contribution in [0.1, 0.15) is 39.2 Å². The van der Waals surface area contributed by atoms with Gasteiger partial charge in [-0.25, -0.2) is 4.39 Å². The second-order valence-corrected chi connectivity index (χ2v) is 4.98. The predicted octanol–water partition coefficient (Wildman–Crippen LogP) is 3.95. The van der Waals surface area contributed by atoms with Gasteiger partial charge in [0.05, 0.1) is 11.4 Å². The van der Waals surface area contributed by atoms with Crippen molar-refractivity contribution in [2.45, 2.75) is 46.6 Å². The summed E-state index contributed by atoms with van der Waals surface area (Å²) >= 11 is 0. The third kappa shape index (κ3) is 3.91. The fraction of sp³-hybridized carbons (Fsp3) is 0.571. The molecule has 3 N–H and O–H groups in total. The lowest BCUT2D eigenvalue weighted by Gasteiger charge is -2.20. The van der Waals surface area contributed by atoms with Crippen molar-refractivity contribution in [3.8, 4) is 0 Å². The number of anilines is 2. The maximum atomic E-state index is 13.3. The van der Waals surface area contributed by atoms with Gasteiger partial charge in [0, 0.05) is 6.04 Å². The predicted molar refractivity (Wildman–Crippen MR) is 72.7 cm³/mol. The molecule has 1 rings (SSSR count). The Hall–Kier alpha value is -1.25. The molecule has 2 atom stereocenters. The van der Waals surface area contributed by atoms with E-state index in [1.54, 1.807) is 13.0 Å². The molecule has 0 heterocycles. The minimum atomic E-state index is -0.248. The van der Waals surface area contributed by atoms with Crippen molar-refractivity contribution in [3.05, 3.63) is 23.5 Å². The Morgan fingerprint density at radius 1 is 1.35 bits per heavy atom. The highest BCUT2D eigenvalue weighted by molar-refractivity contribution is 5.67. The number of nitrogen functional groups attached to an aromatic ring is 1. The van der Waals surface area contributed by atoms with E-state index in [1.807, 2.05) is 0 Å². The van der Waals surface area contributed by atoms with Crippen LogP contribution >= 0.6 is 0 Å². The SMILES string of the molecule is CCC(C)CC(C)Nc1cc(C)c(F)cc1N. The molecule has 0 fully saturated rings. The number of nitrogens with two attached hydrogens (primary N) is 1. The van der Waals surface area contributed by atoms with Crippen LogP contribution in [0.3, 0.4) is 0 Å². The fourth-order valence-electron chi connectivity index (χ4n) is 1.92. The van der Waals surface area contributed by atoms with Crippen LogP contribution in [0.5, 0.6) is 0 Å². The highest BCUT2D eigenvalue weighted by atomic mass is 19.1. The van der Waals surface area contributed by atoms with Crippen molar-refractivity contribution in [1.82, 2.24) is 0 Å². The summed E-state index contributed by atoms with van der Waals surface area (Å²) in [5, 5.41) is 3.35. The number of hydrogen-bond donors (Lipinski definition) is 2. The van der Waals surface area contributed by atoms with Gasteiger partial charge >= 0.3 is 0 Å². The summed E-state index contributed by atoms with van der Waals surface area (Å²) in [6, 6.07) is 3.50. The number of nitrogens with one attached hydrogen (secondary N) is 1. The molecule has 0 saturated carbocycles. The lowest BCUT2D eigenvalue weighted by atomic mass is 10.00. The van der Waals surface area contributed by atoms with E-state index in [4.69, 9.17) is 5.73 Å². The zero-order valence-corrected chi connectivity index (χ0v) is 11.2. The first-order valence-electron chi connectivity index (χ1n) is 6.26. The van der Waals surface area contributed by atoms with Crippen molar-refractivity contribution in [1.29, 1.82) is 0 Å². The van der Waals surface area contributed by atoms with Crippen molar-refractivity contribution < 1.29 is 4.39 Å². The van der Waals surface area contributed by atoms with Gasteiger partial charge < -0.3 is 11.1 Å². The highest BCUT2D eigenvalue weighted by Gasteiger charge is 2.10. The van der Waals surface area contributed by atoms with Crippen LogP contribution < -0.4 is 11.1 Å². The molecule has 0 bridgehead atoms. The minimum Gasteiger partial charge on any atom is -0.397 e. The van der Waals surface area contributed by atoms with E-state index in [2.05, 4.69) is 26.1 Å². The Balaban J connectivity index is 2.71. The number of rotatable bonds is 5. The molecule has 0 saturated heterocycles. The maximum absolute atomic E-state index is 13.3. The zero-order chi connectivity index (χ0) is 13.0. The standard InChI is InChI=1S/C14H23FN2/c1-5-9(2)6-11(4)17-14-7-10(3)12(15)8-13(14)16/h7-9,11,17H,5-6,16H2,1-4H3. The van der Waals surface area contributed by atoms with Gasteiger partial charge in [-0.2, -0.15) is 0 Å². The van der Waals surface area contributed by atoms with Crippen LogP contribution in [0.4, 0.5) is 15.8 Å². The van der Waals surface area contributed by atoms with Crippen molar-refractivity contribution >= 4 is 11.4 Å². The first kappa shape index (κ1) is 13.8. The maximum Gasteiger partial charge on any atom is 0.128 e. The van der Waals surface area contributed by atoms with Gasteiger partial charge in [0.2, 0.25) is 0 Å². The minimum absolute atomic E-state index is 0.248. The molecule has 17 heavy (non-hydrogen) atoms. The molecule has 0 radical (unpaired) electrons. The van der Waals surface area contributed by atoms with Crippen molar-refractivity contribution in [3.63, 3.8) is 0 Å². The molecule has 0 amide bonds. The van der Waals surface area contributed by atoms with E-state index < -0.39 is 0 Å². The van der Waals surface area contributed by atoms with Crippen LogP contribution in [0.15, 0.2) is 12.1 Å². The largest absolute Gasteiger partial charge is 0.397 e. The lowest BCUT2D eigenvalue weighted by Crippen LogP contribution is -2.19. The molecule has 2 unspecified atom stereocenters. The molecule has 0 spiro atoms.